The first kappa shape index (κ1) is 22.7. The van der Waals surface area contributed by atoms with Crippen LogP contribution in [0, 0.1) is 40.3 Å². The predicted molar refractivity (Wildman–Crippen MR) is 144 cm³/mol. The number of aliphatic hydroxyl groups is 1. The first-order chi connectivity index (χ1) is 18.5. The smallest absolute Gasteiger partial charge is 0.184 e. The van der Waals surface area contributed by atoms with Crippen molar-refractivity contribution in [3.05, 3.63) is 65.9 Å². The second kappa shape index (κ2) is 8.11. The Hall–Kier alpha value is -3.28. The Morgan fingerprint density at radius 3 is 2.87 bits per heavy atom. The third-order valence-corrected chi connectivity index (χ3v) is 10.9. The van der Waals surface area contributed by atoms with E-state index >= 15 is 4.39 Å². The van der Waals surface area contributed by atoms with E-state index < -0.39 is 6.10 Å². The lowest BCUT2D eigenvalue weighted by Crippen LogP contribution is -2.59. The van der Waals surface area contributed by atoms with Gasteiger partial charge in [-0.25, -0.2) is 14.4 Å². The Bertz CT molecular complexity index is 1600. The number of imidazole rings is 1. The van der Waals surface area contributed by atoms with Gasteiger partial charge in [0.1, 0.15) is 5.82 Å². The fraction of sp³-hybridized carbons (Fsp3) is 0.433. The minimum absolute atomic E-state index is 0.112. The number of fused-ring (bicyclic) bond motifs is 4. The number of benzene rings is 2. The molecule has 0 radical (unpaired) electrons. The lowest BCUT2D eigenvalue weighted by molar-refractivity contribution is -0.129. The van der Waals surface area contributed by atoms with Crippen LogP contribution in [0.15, 0.2) is 48.9 Å². The number of anilines is 1. The topological polar surface area (TPSA) is 86.8 Å². The van der Waals surface area contributed by atoms with Gasteiger partial charge in [-0.2, -0.15) is 5.26 Å². The molecule has 4 bridgehead atoms. The summed E-state index contributed by atoms with van der Waals surface area (Å²) in [5.74, 6) is 1.43. The quantitative estimate of drug-likeness (QED) is 0.327. The van der Waals surface area contributed by atoms with Crippen molar-refractivity contribution in [3.63, 3.8) is 0 Å². The molecule has 4 atom stereocenters. The molecule has 4 saturated carbocycles. The number of hydrogen-bond donors (Lipinski definition) is 2. The van der Waals surface area contributed by atoms with Gasteiger partial charge in [-0.05, 0) is 86.0 Å². The molecule has 2 aromatic carbocycles. The van der Waals surface area contributed by atoms with Crippen molar-refractivity contribution in [2.75, 3.05) is 5.32 Å². The molecule has 4 fully saturated rings. The minimum Gasteiger partial charge on any atom is -0.392 e. The van der Waals surface area contributed by atoms with Crippen LogP contribution in [0.2, 0.25) is 0 Å². The number of thiazole rings is 1. The van der Waals surface area contributed by atoms with Gasteiger partial charge in [0, 0.05) is 17.2 Å². The highest BCUT2D eigenvalue weighted by molar-refractivity contribution is 7.22. The zero-order valence-corrected chi connectivity index (χ0v) is 21.7. The Balaban J connectivity index is 1.05. The molecule has 6 nitrogen and oxygen atoms in total. The van der Waals surface area contributed by atoms with Crippen LogP contribution >= 0.6 is 11.3 Å². The summed E-state index contributed by atoms with van der Waals surface area (Å²) in [6, 6.07) is 13.3. The van der Waals surface area contributed by atoms with Crippen LogP contribution in [-0.2, 0) is 0 Å². The molecular formula is C30H28FN5OS. The molecule has 4 aliphatic carbocycles. The van der Waals surface area contributed by atoms with E-state index in [-0.39, 0.29) is 17.3 Å². The van der Waals surface area contributed by atoms with Gasteiger partial charge in [0.05, 0.1) is 52.2 Å². The SMILES string of the molecule is N#Cc1ccc2sc(NC3C4CC5CC3CC(C(O)CC3c6c(F)cccc6-c6cncn63)(C5)C4)nc2c1. The molecule has 192 valence electrons. The van der Waals surface area contributed by atoms with Crippen molar-refractivity contribution in [1.29, 1.82) is 5.26 Å². The molecule has 2 aromatic heterocycles. The summed E-state index contributed by atoms with van der Waals surface area (Å²) < 4.78 is 18.2. The van der Waals surface area contributed by atoms with Crippen LogP contribution < -0.4 is 5.32 Å². The molecule has 4 aromatic rings. The zero-order chi connectivity index (χ0) is 25.6. The molecular weight excluding hydrogens is 497 g/mol. The van der Waals surface area contributed by atoms with Crippen LogP contribution in [0.5, 0.6) is 0 Å². The van der Waals surface area contributed by atoms with Crippen molar-refractivity contribution >= 4 is 26.7 Å². The predicted octanol–water partition coefficient (Wildman–Crippen LogP) is 6.13. The van der Waals surface area contributed by atoms with Gasteiger partial charge in [0.2, 0.25) is 0 Å². The first-order valence-electron chi connectivity index (χ1n) is 13.6. The minimum atomic E-state index is -0.491. The number of aliphatic hydroxyl groups excluding tert-OH is 1. The van der Waals surface area contributed by atoms with Crippen molar-refractivity contribution in [3.8, 4) is 17.3 Å². The van der Waals surface area contributed by atoms with Crippen molar-refractivity contribution < 1.29 is 9.50 Å². The van der Waals surface area contributed by atoms with Gasteiger partial charge >= 0.3 is 0 Å². The van der Waals surface area contributed by atoms with Gasteiger partial charge in [0.15, 0.2) is 5.13 Å². The van der Waals surface area contributed by atoms with Crippen LogP contribution in [-0.4, -0.2) is 31.8 Å². The van der Waals surface area contributed by atoms with E-state index in [0.717, 1.165) is 45.9 Å². The molecule has 3 heterocycles. The summed E-state index contributed by atoms with van der Waals surface area (Å²) in [5, 5.41) is 25.8. The van der Waals surface area contributed by atoms with Crippen molar-refractivity contribution in [1.82, 2.24) is 14.5 Å². The zero-order valence-electron chi connectivity index (χ0n) is 20.8. The molecule has 4 unspecified atom stereocenters. The molecule has 8 heteroatoms. The largest absolute Gasteiger partial charge is 0.392 e. The lowest BCUT2D eigenvalue weighted by atomic mass is 9.46. The van der Waals surface area contributed by atoms with E-state index in [0.29, 0.717) is 41.3 Å². The fourth-order valence-corrected chi connectivity index (χ4v) is 9.52. The van der Waals surface area contributed by atoms with Gasteiger partial charge in [0.25, 0.3) is 0 Å². The Labute approximate surface area is 224 Å². The lowest BCUT2D eigenvalue weighted by Gasteiger charge is -2.61. The maximum Gasteiger partial charge on any atom is 0.184 e. The fourth-order valence-electron chi connectivity index (χ4n) is 8.62. The second-order valence-corrected chi connectivity index (χ2v) is 13.0. The van der Waals surface area contributed by atoms with Crippen LogP contribution in [0.4, 0.5) is 9.52 Å². The van der Waals surface area contributed by atoms with Gasteiger partial charge in [-0.15, -0.1) is 0 Å². The summed E-state index contributed by atoms with van der Waals surface area (Å²) in [7, 11) is 0. The summed E-state index contributed by atoms with van der Waals surface area (Å²) in [5.41, 5.74) is 3.92. The maximum atomic E-state index is 15.0. The number of nitriles is 1. The Morgan fingerprint density at radius 1 is 1.21 bits per heavy atom. The highest BCUT2D eigenvalue weighted by atomic mass is 32.1. The molecule has 0 amide bonds. The first-order valence-corrected chi connectivity index (χ1v) is 14.4. The molecule has 2 N–H and O–H groups in total. The number of nitrogens with zero attached hydrogens (tertiary/aromatic N) is 4. The number of hydrogen-bond acceptors (Lipinski definition) is 6. The van der Waals surface area contributed by atoms with Crippen molar-refractivity contribution in [2.45, 2.75) is 56.7 Å². The highest BCUT2D eigenvalue weighted by Crippen LogP contribution is 2.63. The summed E-state index contributed by atoms with van der Waals surface area (Å²) >= 11 is 1.65. The molecule has 0 spiro atoms. The molecule has 1 aliphatic heterocycles. The van der Waals surface area contributed by atoms with Gasteiger partial charge < -0.3 is 15.0 Å². The normalized spacial score (nSPS) is 31.2. The number of halogens is 1. The number of aromatic nitrogens is 3. The molecule has 38 heavy (non-hydrogen) atoms. The summed E-state index contributed by atoms with van der Waals surface area (Å²) in [6.07, 6.45) is 9.05. The van der Waals surface area contributed by atoms with Crippen molar-refractivity contribution in [2.24, 2.45) is 23.2 Å². The Morgan fingerprint density at radius 2 is 2.05 bits per heavy atom. The number of nitrogens with one attached hydrogen (secondary N) is 1. The van der Waals surface area contributed by atoms with Crippen LogP contribution in [0.1, 0.15) is 55.7 Å². The standard InChI is InChI=1S/C30H28FN5OS/c31-21-3-1-2-20-24-14-33-15-36(24)23(27(20)21)9-26(37)30-10-17-6-18(11-30)28(19(7-17)12-30)35-29-34-22-8-16(13-32)4-5-25(22)38-29/h1-5,8,14-15,17-19,23,26,28,37H,6-7,9-12H2,(H,34,35). The number of rotatable bonds is 5. The van der Waals surface area contributed by atoms with Crippen LogP contribution in [0.3, 0.4) is 0 Å². The third kappa shape index (κ3) is 3.25. The second-order valence-electron chi connectivity index (χ2n) is 12.0. The van der Waals surface area contributed by atoms with E-state index in [9.17, 15) is 10.4 Å². The van der Waals surface area contributed by atoms with E-state index in [1.54, 1.807) is 29.9 Å². The highest BCUT2D eigenvalue weighted by Gasteiger charge is 2.58. The van der Waals surface area contributed by atoms with Crippen LogP contribution in [0.25, 0.3) is 21.5 Å². The Kier molecular flexibility index (Phi) is 4.84. The van der Waals surface area contributed by atoms with E-state index in [1.807, 2.05) is 28.8 Å². The maximum absolute atomic E-state index is 15.0. The summed E-state index contributed by atoms with van der Waals surface area (Å²) in [6.45, 7) is 0. The van der Waals surface area contributed by atoms with Gasteiger partial charge in [-0.3, -0.25) is 0 Å². The monoisotopic (exact) mass is 525 g/mol. The van der Waals surface area contributed by atoms with E-state index in [2.05, 4.69) is 16.4 Å². The van der Waals surface area contributed by atoms with E-state index in [1.165, 1.54) is 18.9 Å². The third-order valence-electron chi connectivity index (χ3n) is 9.94. The van der Waals surface area contributed by atoms with E-state index in [4.69, 9.17) is 4.98 Å². The molecule has 9 rings (SSSR count). The summed E-state index contributed by atoms with van der Waals surface area (Å²) in [4.78, 5) is 9.13. The van der Waals surface area contributed by atoms with Gasteiger partial charge in [-0.1, -0.05) is 23.5 Å². The molecule has 0 saturated heterocycles. The molecule has 5 aliphatic rings. The average Bonchev–Trinajstić information content (AvgIpc) is 3.61. The average molecular weight is 526 g/mol.